The highest BCUT2D eigenvalue weighted by Crippen LogP contribution is 1.98. The van der Waals surface area contributed by atoms with Gasteiger partial charge in [-0.05, 0) is 13.0 Å². The second-order valence-electron chi connectivity index (χ2n) is 2.03. The molecule has 1 atom stereocenters. The highest BCUT2D eigenvalue weighted by atomic mass is 16.2. The highest BCUT2D eigenvalue weighted by Gasteiger charge is 2.18. The molecular weight excluding hydrogens is 142 g/mol. The third-order valence-corrected chi connectivity index (χ3v) is 1.25. The van der Waals surface area contributed by atoms with Crippen molar-refractivity contribution in [1.82, 2.24) is 10.2 Å². The van der Waals surface area contributed by atoms with Gasteiger partial charge in [0, 0.05) is 12.2 Å². The lowest BCUT2D eigenvalue weighted by atomic mass is 10.4. The molecule has 0 spiro atoms. The van der Waals surface area contributed by atoms with Crippen molar-refractivity contribution in [2.45, 2.75) is 13.1 Å². The van der Waals surface area contributed by atoms with Gasteiger partial charge in [0.25, 0.3) is 0 Å². The number of carbonyl (C=O) groups is 1. The molecule has 1 unspecified atom stereocenters. The maximum atomic E-state index is 11.0. The zero-order valence-electron chi connectivity index (χ0n) is 6.16. The average Bonchev–Trinajstić information content (AvgIpc) is 1.97. The van der Waals surface area contributed by atoms with Crippen molar-refractivity contribution in [3.8, 4) is 12.0 Å². The normalized spacial score (nSPS) is 22.2. The van der Waals surface area contributed by atoms with Gasteiger partial charge in [-0.25, -0.2) is 9.69 Å². The molecule has 4 heteroatoms. The molecular formula is C7H9N3O. The van der Waals surface area contributed by atoms with Crippen LogP contribution in [0.2, 0.25) is 0 Å². The smallest absolute Gasteiger partial charge is 0.314 e. The number of carbonyl (C=O) groups excluding carboxylic acids is 1. The molecule has 1 heterocycles. The Morgan fingerprint density at radius 1 is 1.82 bits per heavy atom. The largest absolute Gasteiger partial charge is 0.334 e. The molecule has 0 aliphatic carbocycles. The van der Waals surface area contributed by atoms with E-state index in [4.69, 9.17) is 5.73 Å². The molecule has 0 saturated heterocycles. The van der Waals surface area contributed by atoms with Crippen molar-refractivity contribution < 1.29 is 4.79 Å². The molecule has 0 aromatic rings. The van der Waals surface area contributed by atoms with E-state index in [2.05, 4.69) is 17.3 Å². The minimum Gasteiger partial charge on any atom is -0.314 e. The Morgan fingerprint density at radius 2 is 2.55 bits per heavy atom. The Labute approximate surface area is 65.0 Å². The fourth-order valence-electron chi connectivity index (χ4n) is 0.755. The van der Waals surface area contributed by atoms with Crippen molar-refractivity contribution >= 4 is 6.03 Å². The second kappa shape index (κ2) is 3.08. The maximum Gasteiger partial charge on any atom is 0.334 e. The van der Waals surface area contributed by atoms with Crippen LogP contribution in [0.4, 0.5) is 4.79 Å². The number of hydrogen-bond acceptors (Lipinski definition) is 2. The van der Waals surface area contributed by atoms with Gasteiger partial charge in [0.05, 0.1) is 0 Å². The minimum absolute atomic E-state index is 0.283. The molecule has 3 N–H and O–H groups in total. The monoisotopic (exact) mass is 151 g/mol. The van der Waals surface area contributed by atoms with Gasteiger partial charge in [0.15, 0.2) is 0 Å². The summed E-state index contributed by atoms with van der Waals surface area (Å²) in [4.78, 5) is 12.2. The van der Waals surface area contributed by atoms with E-state index in [0.29, 0.717) is 0 Å². The van der Waals surface area contributed by atoms with E-state index in [1.165, 1.54) is 11.1 Å². The van der Waals surface area contributed by atoms with Crippen molar-refractivity contribution in [2.24, 2.45) is 5.73 Å². The first-order chi connectivity index (χ1) is 5.25. The fraction of sp³-hybridized carbons (Fsp3) is 0.286. The van der Waals surface area contributed by atoms with Gasteiger partial charge in [-0.3, -0.25) is 0 Å². The van der Waals surface area contributed by atoms with Crippen molar-refractivity contribution in [1.29, 1.82) is 0 Å². The topological polar surface area (TPSA) is 58.4 Å². The lowest BCUT2D eigenvalue weighted by Gasteiger charge is -2.23. The van der Waals surface area contributed by atoms with Crippen LogP contribution in [0.15, 0.2) is 12.3 Å². The maximum absolute atomic E-state index is 11.0. The molecule has 0 bridgehead atoms. The summed E-state index contributed by atoms with van der Waals surface area (Å²) in [5.74, 6) is 2.60. The molecule has 58 valence electrons. The van der Waals surface area contributed by atoms with Gasteiger partial charge in [-0.1, -0.05) is 5.92 Å². The molecule has 2 amide bonds. The van der Waals surface area contributed by atoms with Crippen LogP contribution in [0.1, 0.15) is 6.92 Å². The van der Waals surface area contributed by atoms with Crippen LogP contribution in [0.5, 0.6) is 0 Å². The zero-order valence-corrected chi connectivity index (χ0v) is 6.16. The summed E-state index contributed by atoms with van der Waals surface area (Å²) >= 11 is 0. The summed E-state index contributed by atoms with van der Waals surface area (Å²) in [6.45, 7) is 1.65. The van der Waals surface area contributed by atoms with Crippen molar-refractivity contribution in [3.05, 3.63) is 12.3 Å². The summed E-state index contributed by atoms with van der Waals surface area (Å²) in [6.07, 6.45) is 2.74. The first-order valence-corrected chi connectivity index (χ1v) is 3.20. The summed E-state index contributed by atoms with van der Waals surface area (Å²) in [7, 11) is 0. The highest BCUT2D eigenvalue weighted by molar-refractivity contribution is 5.78. The number of amides is 2. The number of nitrogens with one attached hydrogen (secondary N) is 1. The van der Waals surface area contributed by atoms with E-state index >= 15 is 0 Å². The average molecular weight is 151 g/mol. The molecule has 0 aromatic carbocycles. The first kappa shape index (κ1) is 7.63. The van der Waals surface area contributed by atoms with Crippen LogP contribution in [0.25, 0.3) is 0 Å². The number of rotatable bonds is 0. The Bertz CT molecular complexity index is 248. The Hall–Kier alpha value is -1.47. The molecule has 1 aliphatic heterocycles. The van der Waals surface area contributed by atoms with E-state index in [9.17, 15) is 4.79 Å². The van der Waals surface area contributed by atoms with Gasteiger partial charge in [0.2, 0.25) is 0 Å². The van der Waals surface area contributed by atoms with Crippen LogP contribution in [-0.4, -0.2) is 17.1 Å². The molecule has 0 fully saturated rings. The summed E-state index contributed by atoms with van der Waals surface area (Å²) in [5, 5.41) is 2.47. The Balaban J connectivity index is 2.80. The predicted octanol–water partition coefficient (Wildman–Crippen LogP) is -0.209. The van der Waals surface area contributed by atoms with Crippen molar-refractivity contribution in [2.75, 3.05) is 0 Å². The van der Waals surface area contributed by atoms with Crippen LogP contribution < -0.4 is 11.1 Å². The Kier molecular flexibility index (Phi) is 2.14. The van der Waals surface area contributed by atoms with E-state index in [1.807, 2.05) is 0 Å². The third-order valence-electron chi connectivity index (χ3n) is 1.25. The molecule has 0 aromatic heterocycles. The fourth-order valence-corrected chi connectivity index (χ4v) is 0.755. The zero-order chi connectivity index (χ0) is 8.27. The number of nitrogens with two attached hydrogens (primary N) is 1. The van der Waals surface area contributed by atoms with E-state index in [0.717, 1.165) is 0 Å². The number of urea groups is 1. The minimum atomic E-state index is -0.434. The first-order valence-electron chi connectivity index (χ1n) is 3.20. The van der Waals surface area contributed by atoms with Gasteiger partial charge >= 0.3 is 6.03 Å². The quantitative estimate of drug-likeness (QED) is 0.471. The lowest BCUT2D eigenvalue weighted by Crippen LogP contribution is -2.48. The van der Waals surface area contributed by atoms with E-state index in [1.54, 1.807) is 13.0 Å². The second-order valence-corrected chi connectivity index (χ2v) is 2.03. The lowest BCUT2D eigenvalue weighted by molar-refractivity contribution is 0.212. The molecule has 11 heavy (non-hydrogen) atoms. The van der Waals surface area contributed by atoms with Crippen LogP contribution in [0, 0.1) is 12.0 Å². The summed E-state index contributed by atoms with van der Waals surface area (Å²) < 4.78 is 0. The van der Waals surface area contributed by atoms with Crippen molar-refractivity contribution in [3.63, 3.8) is 0 Å². The summed E-state index contributed by atoms with van der Waals surface area (Å²) in [5.41, 5.74) is 5.53. The van der Waals surface area contributed by atoms with Gasteiger partial charge in [0.1, 0.15) is 6.17 Å². The third kappa shape index (κ3) is 1.51. The van der Waals surface area contributed by atoms with Crippen LogP contribution in [-0.2, 0) is 0 Å². The Morgan fingerprint density at radius 3 is 3.09 bits per heavy atom. The molecule has 0 saturated carbocycles. The van der Waals surface area contributed by atoms with E-state index in [-0.39, 0.29) is 6.03 Å². The van der Waals surface area contributed by atoms with Gasteiger partial charge in [-0.15, -0.1) is 0 Å². The van der Waals surface area contributed by atoms with Gasteiger partial charge in [-0.2, -0.15) is 0 Å². The number of hydrogen-bond donors (Lipinski definition) is 2. The summed E-state index contributed by atoms with van der Waals surface area (Å²) in [6, 6.07) is 2.30. The van der Waals surface area contributed by atoms with Crippen LogP contribution in [0.3, 0.4) is 0 Å². The van der Waals surface area contributed by atoms with Crippen LogP contribution >= 0.6 is 0 Å². The molecule has 0 radical (unpaired) electrons. The number of nitrogens with zero attached hydrogens (tertiary/aromatic N) is 1. The van der Waals surface area contributed by atoms with E-state index < -0.39 is 6.17 Å². The molecule has 4 nitrogen and oxygen atoms in total. The standard InChI is InChI=1S/C7H9N3O/c1-2-5-10-6(8)3-4-9-7(10)11/h3-4,6H,8H2,1H3,(H,9,11). The SMILES string of the molecule is CC#CN1C(=O)NC=CC1N. The predicted molar refractivity (Wildman–Crippen MR) is 40.9 cm³/mol. The van der Waals surface area contributed by atoms with Gasteiger partial charge < -0.3 is 11.1 Å². The molecule has 1 rings (SSSR count). The molecule has 1 aliphatic rings.